The fourth-order valence-corrected chi connectivity index (χ4v) is 6.76. The second-order valence-electron chi connectivity index (χ2n) is 11.5. The first-order valence-corrected chi connectivity index (χ1v) is 17.0. The number of fused-ring (bicyclic) bond motifs is 2. The third-order valence-corrected chi connectivity index (χ3v) is 8.58. The third kappa shape index (κ3) is 7.86. The van der Waals surface area contributed by atoms with Crippen LogP contribution in [0.15, 0.2) is 103 Å². The monoisotopic (exact) mass is 514 g/mol. The van der Waals surface area contributed by atoms with E-state index in [0.29, 0.717) is 30.9 Å². The first kappa shape index (κ1) is 28.8. The maximum Gasteiger partial charge on any atom is 0.162 e. The van der Waals surface area contributed by atoms with E-state index in [4.69, 9.17) is 4.74 Å². The predicted octanol–water partition coefficient (Wildman–Crippen LogP) is 8.03. The minimum atomic E-state index is -1.22. The maximum atomic E-state index is 12.0. The van der Waals surface area contributed by atoms with E-state index in [-0.39, 0.29) is 11.4 Å². The molecule has 2 saturated heterocycles. The Morgan fingerprint density at radius 1 is 1.11 bits per heavy atom. The fraction of sp³-hybridized carbons (Fsp3) is 0.394. The highest BCUT2D eigenvalue weighted by Crippen LogP contribution is 2.52. The van der Waals surface area contributed by atoms with Crippen LogP contribution < -0.4 is 0 Å². The van der Waals surface area contributed by atoms with Gasteiger partial charge in [0.25, 0.3) is 0 Å². The lowest BCUT2D eigenvalue weighted by Crippen LogP contribution is -2.33. The lowest BCUT2D eigenvalue weighted by atomic mass is 9.81. The number of carbonyl (C=O) groups is 1. The second-order valence-corrected chi connectivity index (χ2v) is 16.9. The molecule has 0 saturated carbocycles. The number of hydrogen-bond donors (Lipinski definition) is 1. The van der Waals surface area contributed by atoms with Crippen LogP contribution in [0.2, 0.25) is 25.7 Å². The zero-order valence-corrected chi connectivity index (χ0v) is 23.8. The number of ether oxygens (including phenoxy) is 1. The topological polar surface area (TPSA) is 46.5 Å². The number of benzene rings is 2. The number of hydrogen-bond acceptors (Lipinski definition) is 3. The van der Waals surface area contributed by atoms with Gasteiger partial charge in [0, 0.05) is 26.5 Å². The average molecular weight is 515 g/mol. The summed E-state index contributed by atoms with van der Waals surface area (Å²) in [6.45, 7) is 18.9. The molecule has 2 heterocycles. The summed E-state index contributed by atoms with van der Waals surface area (Å²) in [5.74, 6) is 0.0870. The molecule has 0 radical (unpaired) electrons. The normalized spacial score (nSPS) is 21.5. The van der Waals surface area contributed by atoms with Crippen LogP contribution in [0.1, 0.15) is 54.4 Å². The molecule has 4 rings (SSSR count). The molecule has 0 amide bonds. The standard InChI is InChI=1S/C18H26O2Si.C15H16O/c1-5-15(14-21(2,3)4)13-17(19)11-12-18(20)16-9-7-6-8-10-16;1-11-10-14-8-9-15(16-14,12(11)2)13-6-4-3-5-7-13/h6-10,17,19H,1,11-14H2,2-4H3;3-7,14H,1-2,8-10H2. The Morgan fingerprint density at radius 3 is 2.32 bits per heavy atom. The molecule has 4 heteroatoms. The highest BCUT2D eigenvalue weighted by Gasteiger charge is 2.48. The number of carbonyl (C=O) groups excluding carboxylic acids is 1. The number of Topliss-reactive ketones (excluding diaryl/α,β-unsaturated/α-hetero) is 1. The molecule has 2 aromatic rings. The van der Waals surface area contributed by atoms with E-state index in [1.807, 2.05) is 36.4 Å². The van der Waals surface area contributed by atoms with E-state index in [9.17, 15) is 9.90 Å². The summed E-state index contributed by atoms with van der Waals surface area (Å²) in [7, 11) is -1.22. The quantitative estimate of drug-likeness (QED) is 0.209. The van der Waals surface area contributed by atoms with Gasteiger partial charge < -0.3 is 9.84 Å². The SMILES string of the molecule is C=C1CC2CCC(c3ccccc3)(O2)C1=C.C=C=C(CC(O)CCC(=O)c1ccccc1)C[Si](C)(C)C. The van der Waals surface area contributed by atoms with Gasteiger partial charge in [0.1, 0.15) is 5.60 Å². The number of aliphatic hydroxyl groups is 1. The van der Waals surface area contributed by atoms with Crippen LogP contribution in [0.3, 0.4) is 0 Å². The molecule has 37 heavy (non-hydrogen) atoms. The van der Waals surface area contributed by atoms with Crippen molar-refractivity contribution in [3.05, 3.63) is 114 Å². The predicted molar refractivity (Wildman–Crippen MR) is 157 cm³/mol. The summed E-state index contributed by atoms with van der Waals surface area (Å²) in [6.07, 6.45) is 4.42. The lowest BCUT2D eigenvalue weighted by Gasteiger charge is -2.37. The molecular weight excluding hydrogens is 472 g/mol. The largest absolute Gasteiger partial charge is 0.393 e. The number of rotatable bonds is 9. The molecule has 2 bridgehead atoms. The van der Waals surface area contributed by atoms with Crippen molar-refractivity contribution in [1.82, 2.24) is 0 Å². The maximum absolute atomic E-state index is 12.0. The average Bonchev–Trinajstić information content (AvgIpc) is 3.26. The Bertz CT molecular complexity index is 1140. The minimum Gasteiger partial charge on any atom is -0.393 e. The van der Waals surface area contributed by atoms with Gasteiger partial charge >= 0.3 is 0 Å². The molecule has 3 atom stereocenters. The second kappa shape index (κ2) is 12.7. The smallest absolute Gasteiger partial charge is 0.162 e. The van der Waals surface area contributed by atoms with Gasteiger partial charge in [-0.15, -0.1) is 5.73 Å². The van der Waals surface area contributed by atoms with Gasteiger partial charge in [-0.2, -0.15) is 0 Å². The Kier molecular flexibility index (Phi) is 9.86. The van der Waals surface area contributed by atoms with Gasteiger partial charge in [-0.25, -0.2) is 0 Å². The highest BCUT2D eigenvalue weighted by atomic mass is 28.3. The molecule has 3 nitrogen and oxygen atoms in total. The Hall–Kier alpha value is -2.75. The molecule has 2 aromatic carbocycles. The van der Waals surface area contributed by atoms with Crippen LogP contribution in [-0.4, -0.2) is 31.2 Å². The van der Waals surface area contributed by atoms with E-state index in [2.05, 4.69) is 69.4 Å². The number of aliphatic hydroxyl groups excluding tert-OH is 1. The summed E-state index contributed by atoms with van der Waals surface area (Å²) in [5, 5.41) is 10.1. The molecule has 2 aliphatic heterocycles. The Morgan fingerprint density at radius 2 is 1.73 bits per heavy atom. The summed E-state index contributed by atoms with van der Waals surface area (Å²) in [6, 6.07) is 20.7. The number of ketones is 1. The van der Waals surface area contributed by atoms with Crippen LogP contribution in [0.25, 0.3) is 0 Å². The molecule has 0 aliphatic carbocycles. The Balaban J connectivity index is 0.000000212. The zero-order valence-electron chi connectivity index (χ0n) is 22.8. The lowest BCUT2D eigenvalue weighted by molar-refractivity contribution is -0.0307. The van der Waals surface area contributed by atoms with Crippen LogP contribution in [0.5, 0.6) is 0 Å². The Labute approximate surface area is 224 Å². The van der Waals surface area contributed by atoms with Crippen LogP contribution in [0.4, 0.5) is 0 Å². The molecule has 0 spiro atoms. The van der Waals surface area contributed by atoms with Crippen molar-refractivity contribution in [2.45, 2.75) is 82.0 Å². The molecule has 196 valence electrons. The molecule has 1 N–H and O–H groups in total. The minimum absolute atomic E-state index is 0.0870. The van der Waals surface area contributed by atoms with Gasteiger partial charge in [0.2, 0.25) is 0 Å². The van der Waals surface area contributed by atoms with Crippen LogP contribution >= 0.6 is 0 Å². The van der Waals surface area contributed by atoms with E-state index in [1.54, 1.807) is 0 Å². The van der Waals surface area contributed by atoms with Crippen molar-refractivity contribution in [3.8, 4) is 0 Å². The van der Waals surface area contributed by atoms with Crippen molar-refractivity contribution in [2.75, 3.05) is 0 Å². The van der Waals surface area contributed by atoms with Crippen LogP contribution in [-0.2, 0) is 10.3 Å². The molecule has 3 unspecified atom stereocenters. The summed E-state index contributed by atoms with van der Waals surface area (Å²) in [5.41, 5.74) is 7.96. The first-order valence-electron chi connectivity index (χ1n) is 13.3. The highest BCUT2D eigenvalue weighted by molar-refractivity contribution is 6.76. The zero-order chi connectivity index (χ0) is 27.1. The van der Waals surface area contributed by atoms with Crippen molar-refractivity contribution in [3.63, 3.8) is 0 Å². The first-order chi connectivity index (χ1) is 17.5. The van der Waals surface area contributed by atoms with E-state index in [1.165, 1.54) is 5.56 Å². The van der Waals surface area contributed by atoms with Gasteiger partial charge in [-0.1, -0.05) is 100 Å². The van der Waals surface area contributed by atoms with Crippen molar-refractivity contribution >= 4 is 13.9 Å². The van der Waals surface area contributed by atoms with Crippen molar-refractivity contribution in [2.24, 2.45) is 0 Å². The molecule has 0 aromatic heterocycles. The van der Waals surface area contributed by atoms with Crippen molar-refractivity contribution in [1.29, 1.82) is 0 Å². The molecular formula is C33H42O3Si. The van der Waals surface area contributed by atoms with Gasteiger partial charge in [0.05, 0.1) is 12.2 Å². The molecule has 2 fully saturated rings. The van der Waals surface area contributed by atoms with E-state index >= 15 is 0 Å². The van der Waals surface area contributed by atoms with E-state index < -0.39 is 14.2 Å². The summed E-state index contributed by atoms with van der Waals surface area (Å²) >= 11 is 0. The van der Waals surface area contributed by atoms with Crippen molar-refractivity contribution < 1.29 is 14.6 Å². The van der Waals surface area contributed by atoms with Gasteiger partial charge in [0.15, 0.2) is 5.78 Å². The van der Waals surface area contributed by atoms with Gasteiger partial charge in [-0.05, 0) is 54.0 Å². The summed E-state index contributed by atoms with van der Waals surface area (Å²) < 4.78 is 6.19. The summed E-state index contributed by atoms with van der Waals surface area (Å²) in [4.78, 5) is 12.0. The fourth-order valence-electron chi connectivity index (χ4n) is 5.21. The molecule has 2 aliphatic rings. The third-order valence-electron chi connectivity index (χ3n) is 7.09. The van der Waals surface area contributed by atoms with Crippen LogP contribution in [0, 0.1) is 0 Å². The van der Waals surface area contributed by atoms with E-state index in [0.717, 1.165) is 42.0 Å². The van der Waals surface area contributed by atoms with Gasteiger partial charge in [-0.3, -0.25) is 4.79 Å².